The molecule has 1 amide bonds. The Bertz CT molecular complexity index is 749. The first kappa shape index (κ1) is 18.7. The van der Waals surface area contributed by atoms with Crippen LogP contribution in [0.3, 0.4) is 0 Å². The third-order valence-electron chi connectivity index (χ3n) is 4.66. The van der Waals surface area contributed by atoms with Gasteiger partial charge in [-0.1, -0.05) is 60.5 Å². The van der Waals surface area contributed by atoms with E-state index in [1.807, 2.05) is 24.3 Å². The molecule has 0 radical (unpaired) electrons. The van der Waals surface area contributed by atoms with Crippen LogP contribution in [0.4, 0.5) is 0 Å². The Morgan fingerprint density at radius 1 is 1.00 bits per heavy atom. The molecule has 0 atom stereocenters. The number of piperidine rings is 1. The highest BCUT2D eigenvalue weighted by molar-refractivity contribution is 6.32. The summed E-state index contributed by atoms with van der Waals surface area (Å²) in [5, 5.41) is 3.55. The van der Waals surface area contributed by atoms with Gasteiger partial charge in [-0.15, -0.1) is 0 Å². The van der Waals surface area contributed by atoms with Crippen molar-refractivity contribution in [3.8, 4) is 0 Å². The summed E-state index contributed by atoms with van der Waals surface area (Å²) in [6.07, 6.45) is 7.24. The molecule has 2 aromatic carbocycles. The molecule has 0 aromatic heterocycles. The summed E-state index contributed by atoms with van der Waals surface area (Å²) in [5.41, 5.74) is 3.28. The first-order chi connectivity index (χ1) is 12.7. The van der Waals surface area contributed by atoms with E-state index >= 15 is 0 Å². The second-order valence-electron chi connectivity index (χ2n) is 6.73. The first-order valence-electron chi connectivity index (χ1n) is 9.21. The normalized spacial score (nSPS) is 15.3. The molecule has 136 valence electrons. The highest BCUT2D eigenvalue weighted by atomic mass is 35.5. The van der Waals surface area contributed by atoms with Crippen LogP contribution >= 0.6 is 11.6 Å². The zero-order valence-electron chi connectivity index (χ0n) is 15.0. The van der Waals surface area contributed by atoms with Crippen LogP contribution in [0.1, 0.15) is 36.0 Å². The number of amides is 1. The summed E-state index contributed by atoms with van der Waals surface area (Å²) in [4.78, 5) is 14.5. The van der Waals surface area contributed by atoms with Crippen LogP contribution in [0.5, 0.6) is 0 Å². The number of hydrogen-bond acceptors (Lipinski definition) is 2. The third kappa shape index (κ3) is 5.72. The monoisotopic (exact) mass is 368 g/mol. The molecule has 0 saturated carbocycles. The Labute approximate surface area is 160 Å². The minimum atomic E-state index is -0.123. The fourth-order valence-corrected chi connectivity index (χ4v) is 3.36. The van der Waals surface area contributed by atoms with Gasteiger partial charge < -0.3 is 5.32 Å². The summed E-state index contributed by atoms with van der Waals surface area (Å²) >= 11 is 6.08. The number of rotatable bonds is 6. The van der Waals surface area contributed by atoms with Gasteiger partial charge in [-0.05, 0) is 54.8 Å². The number of benzene rings is 2. The molecule has 1 aliphatic heterocycles. The molecule has 1 saturated heterocycles. The van der Waals surface area contributed by atoms with E-state index in [1.165, 1.54) is 44.0 Å². The lowest BCUT2D eigenvalue weighted by molar-refractivity contribution is -0.116. The highest BCUT2D eigenvalue weighted by Gasteiger charge is 2.10. The zero-order valence-corrected chi connectivity index (χ0v) is 15.7. The summed E-state index contributed by atoms with van der Waals surface area (Å²) in [5.74, 6) is -0.123. The molecule has 3 rings (SSSR count). The molecule has 1 heterocycles. The van der Waals surface area contributed by atoms with Crippen molar-refractivity contribution in [3.05, 3.63) is 76.3 Å². The number of carbonyl (C=O) groups is 1. The van der Waals surface area contributed by atoms with E-state index in [2.05, 4.69) is 34.5 Å². The smallest absolute Gasteiger partial charge is 0.244 e. The van der Waals surface area contributed by atoms with Crippen molar-refractivity contribution >= 4 is 23.6 Å². The number of nitrogens with one attached hydrogen (secondary N) is 1. The van der Waals surface area contributed by atoms with Crippen molar-refractivity contribution in [2.45, 2.75) is 32.4 Å². The van der Waals surface area contributed by atoms with Gasteiger partial charge in [0, 0.05) is 24.2 Å². The van der Waals surface area contributed by atoms with Gasteiger partial charge in [0.15, 0.2) is 0 Å². The van der Waals surface area contributed by atoms with E-state index in [9.17, 15) is 4.79 Å². The third-order valence-corrected chi connectivity index (χ3v) is 5.01. The Hall–Kier alpha value is -2.10. The number of nitrogens with zero attached hydrogens (tertiary/aromatic N) is 1. The lowest BCUT2D eigenvalue weighted by Crippen LogP contribution is -2.29. The average Bonchev–Trinajstić information content (AvgIpc) is 2.68. The summed E-state index contributed by atoms with van der Waals surface area (Å²) < 4.78 is 0. The van der Waals surface area contributed by atoms with E-state index in [4.69, 9.17) is 11.6 Å². The molecule has 0 unspecified atom stereocenters. The van der Waals surface area contributed by atoms with Crippen LogP contribution in [0.25, 0.3) is 6.08 Å². The van der Waals surface area contributed by atoms with Gasteiger partial charge in [-0.2, -0.15) is 0 Å². The van der Waals surface area contributed by atoms with Crippen molar-refractivity contribution in [1.29, 1.82) is 0 Å². The first-order valence-corrected chi connectivity index (χ1v) is 9.59. The molecule has 1 fully saturated rings. The molecule has 0 bridgehead atoms. The largest absolute Gasteiger partial charge is 0.348 e. The van der Waals surface area contributed by atoms with Crippen LogP contribution in [-0.2, 0) is 17.9 Å². The molecule has 0 spiro atoms. The van der Waals surface area contributed by atoms with Gasteiger partial charge in [0.25, 0.3) is 0 Å². The van der Waals surface area contributed by atoms with E-state index in [-0.39, 0.29) is 5.91 Å². The van der Waals surface area contributed by atoms with Gasteiger partial charge in [0.2, 0.25) is 5.91 Å². The maximum atomic E-state index is 12.0. The van der Waals surface area contributed by atoms with E-state index in [0.717, 1.165) is 17.7 Å². The molecular weight excluding hydrogens is 344 g/mol. The molecule has 0 aliphatic carbocycles. The summed E-state index contributed by atoms with van der Waals surface area (Å²) in [6.45, 7) is 3.95. The van der Waals surface area contributed by atoms with Crippen molar-refractivity contribution in [3.63, 3.8) is 0 Å². The number of likely N-dealkylation sites (tertiary alicyclic amines) is 1. The highest BCUT2D eigenvalue weighted by Crippen LogP contribution is 2.16. The van der Waals surface area contributed by atoms with Crippen LogP contribution in [0, 0.1) is 0 Å². The quantitative estimate of drug-likeness (QED) is 0.752. The molecule has 26 heavy (non-hydrogen) atoms. The number of halogens is 1. The summed E-state index contributed by atoms with van der Waals surface area (Å²) in [6, 6.07) is 16.0. The van der Waals surface area contributed by atoms with E-state index in [0.29, 0.717) is 11.6 Å². The van der Waals surface area contributed by atoms with Gasteiger partial charge in [0.05, 0.1) is 0 Å². The second kappa shape index (κ2) is 9.56. The fraction of sp³-hybridized carbons (Fsp3) is 0.318. The van der Waals surface area contributed by atoms with Gasteiger partial charge in [-0.25, -0.2) is 0 Å². The molecular formula is C22H25ClN2O. The maximum Gasteiger partial charge on any atom is 0.244 e. The van der Waals surface area contributed by atoms with Gasteiger partial charge in [-0.3, -0.25) is 9.69 Å². The molecule has 4 heteroatoms. The van der Waals surface area contributed by atoms with Crippen molar-refractivity contribution in [2.24, 2.45) is 0 Å². The van der Waals surface area contributed by atoms with E-state index < -0.39 is 0 Å². The van der Waals surface area contributed by atoms with E-state index in [1.54, 1.807) is 6.08 Å². The SMILES string of the molecule is O=C(/C=C/c1ccccc1Cl)NCc1ccc(CN2CCCCC2)cc1. The Morgan fingerprint density at radius 3 is 2.42 bits per heavy atom. The van der Waals surface area contributed by atoms with Crippen LogP contribution in [0.2, 0.25) is 5.02 Å². The van der Waals surface area contributed by atoms with Gasteiger partial charge in [0.1, 0.15) is 0 Å². The Balaban J connectivity index is 1.46. The number of carbonyl (C=O) groups excluding carboxylic acids is 1. The van der Waals surface area contributed by atoms with Gasteiger partial charge >= 0.3 is 0 Å². The topological polar surface area (TPSA) is 32.3 Å². The van der Waals surface area contributed by atoms with Crippen molar-refractivity contribution < 1.29 is 4.79 Å². The molecule has 2 aromatic rings. The lowest BCUT2D eigenvalue weighted by Gasteiger charge is -2.26. The van der Waals surface area contributed by atoms with Crippen molar-refractivity contribution in [2.75, 3.05) is 13.1 Å². The molecule has 1 N–H and O–H groups in total. The van der Waals surface area contributed by atoms with Crippen LogP contribution in [-0.4, -0.2) is 23.9 Å². The molecule has 3 nitrogen and oxygen atoms in total. The Kier molecular flexibility index (Phi) is 6.87. The average molecular weight is 369 g/mol. The lowest BCUT2D eigenvalue weighted by atomic mass is 10.1. The molecule has 1 aliphatic rings. The van der Waals surface area contributed by atoms with Crippen molar-refractivity contribution in [1.82, 2.24) is 10.2 Å². The number of hydrogen-bond donors (Lipinski definition) is 1. The van der Waals surface area contributed by atoms with Crippen LogP contribution < -0.4 is 5.32 Å². The standard InChI is InChI=1S/C22H25ClN2O/c23-21-7-3-2-6-20(21)12-13-22(26)24-16-18-8-10-19(11-9-18)17-25-14-4-1-5-15-25/h2-3,6-13H,1,4-5,14-17H2,(H,24,26)/b13-12+. The minimum Gasteiger partial charge on any atom is -0.348 e. The summed E-state index contributed by atoms with van der Waals surface area (Å²) in [7, 11) is 0. The maximum absolute atomic E-state index is 12.0. The predicted octanol–water partition coefficient (Wildman–Crippen LogP) is 4.66. The minimum absolute atomic E-state index is 0.123. The predicted molar refractivity (Wildman–Crippen MR) is 108 cm³/mol. The zero-order chi connectivity index (χ0) is 18.2. The second-order valence-corrected chi connectivity index (χ2v) is 7.13. The van der Waals surface area contributed by atoms with Crippen LogP contribution in [0.15, 0.2) is 54.6 Å². The fourth-order valence-electron chi connectivity index (χ4n) is 3.16. The Morgan fingerprint density at radius 2 is 1.69 bits per heavy atom.